The van der Waals surface area contributed by atoms with Gasteiger partial charge in [-0.15, -0.1) is 0 Å². The molecule has 0 fully saturated rings. The molecule has 2 nitrogen and oxygen atoms in total. The second kappa shape index (κ2) is 4.40. The summed E-state index contributed by atoms with van der Waals surface area (Å²) in [6.07, 6.45) is 0. The molecule has 0 heterocycles. The highest BCUT2D eigenvalue weighted by Crippen LogP contribution is 2.02. The lowest BCUT2D eigenvalue weighted by Crippen LogP contribution is -2.36. The predicted octanol–water partition coefficient (Wildman–Crippen LogP) is -0.0148. The van der Waals surface area contributed by atoms with E-state index in [-0.39, 0.29) is 19.5 Å². The van der Waals surface area contributed by atoms with Crippen LogP contribution >= 0.6 is 0 Å². The van der Waals surface area contributed by atoms with E-state index < -0.39 is 8.56 Å². The van der Waals surface area contributed by atoms with Gasteiger partial charge in [0.2, 0.25) is 0 Å². The van der Waals surface area contributed by atoms with Gasteiger partial charge in [0.15, 0.2) is 0 Å². The van der Waals surface area contributed by atoms with E-state index in [9.17, 15) is 0 Å². The van der Waals surface area contributed by atoms with E-state index in [0.717, 1.165) is 0 Å². The van der Waals surface area contributed by atoms with Crippen LogP contribution in [0.2, 0.25) is 26.2 Å². The molecular formula is C4H16O2Si3. The number of hydrogen-bond acceptors (Lipinski definition) is 2. The van der Waals surface area contributed by atoms with Crippen molar-refractivity contribution in [1.29, 1.82) is 0 Å². The van der Waals surface area contributed by atoms with Crippen molar-refractivity contribution in [3.8, 4) is 0 Å². The fourth-order valence-electron chi connectivity index (χ4n) is 0.737. The maximum absolute atomic E-state index is 5.56. The molecule has 0 N–H and O–H groups in total. The van der Waals surface area contributed by atoms with Gasteiger partial charge in [-0.05, 0) is 13.1 Å². The van der Waals surface area contributed by atoms with E-state index in [2.05, 4.69) is 26.2 Å². The fraction of sp³-hybridized carbons (Fsp3) is 1.00. The lowest BCUT2D eigenvalue weighted by atomic mass is 11.9. The Labute approximate surface area is 63.1 Å². The standard InChI is InChI=1S/C4H16O2Si3/c1-7-5-9(3,4)6-8-2/h7-8H2,1-4H3. The SMILES string of the molecule is C[SiH2]O[Si](C)(C)O[SiH2]C. The summed E-state index contributed by atoms with van der Waals surface area (Å²) >= 11 is 0. The summed E-state index contributed by atoms with van der Waals surface area (Å²) in [7, 11) is -2.08. The predicted molar refractivity (Wildman–Crippen MR) is 48.5 cm³/mol. The summed E-state index contributed by atoms with van der Waals surface area (Å²) in [5, 5.41) is 0. The Hall–Kier alpha value is 0.571. The van der Waals surface area contributed by atoms with Crippen LogP contribution in [-0.4, -0.2) is 28.1 Å². The van der Waals surface area contributed by atoms with Crippen LogP contribution in [-0.2, 0) is 8.23 Å². The van der Waals surface area contributed by atoms with Crippen LogP contribution in [0.25, 0.3) is 0 Å². The minimum absolute atomic E-state index is 0.252. The molecule has 0 saturated carbocycles. The van der Waals surface area contributed by atoms with Crippen LogP contribution in [0.15, 0.2) is 0 Å². The summed E-state index contributed by atoms with van der Waals surface area (Å²) in [6, 6.07) is 0. The fourth-order valence-corrected chi connectivity index (χ4v) is 7.38. The van der Waals surface area contributed by atoms with Gasteiger partial charge in [-0.3, -0.25) is 0 Å². The third-order valence-electron chi connectivity index (χ3n) is 0.984. The smallest absolute Gasteiger partial charge is 0.310 e. The van der Waals surface area contributed by atoms with Gasteiger partial charge in [0.05, 0.1) is 0 Å². The molecule has 56 valence electrons. The maximum atomic E-state index is 5.56. The van der Waals surface area contributed by atoms with Gasteiger partial charge in [-0.1, -0.05) is 13.1 Å². The Kier molecular flexibility index (Phi) is 4.67. The van der Waals surface area contributed by atoms with E-state index in [0.29, 0.717) is 0 Å². The molecule has 0 aromatic heterocycles. The Morgan fingerprint density at radius 3 is 1.56 bits per heavy atom. The Morgan fingerprint density at radius 1 is 1.00 bits per heavy atom. The highest BCUT2D eigenvalue weighted by molar-refractivity contribution is 6.72. The second-order valence-electron chi connectivity index (χ2n) is 2.27. The minimum Gasteiger partial charge on any atom is -0.442 e. The lowest BCUT2D eigenvalue weighted by Gasteiger charge is -2.21. The van der Waals surface area contributed by atoms with Gasteiger partial charge in [0.1, 0.15) is 19.5 Å². The Bertz CT molecular complexity index is 68.2. The van der Waals surface area contributed by atoms with Crippen molar-refractivity contribution in [2.24, 2.45) is 0 Å². The van der Waals surface area contributed by atoms with Crippen LogP contribution in [0.3, 0.4) is 0 Å². The molecule has 0 atom stereocenters. The van der Waals surface area contributed by atoms with Gasteiger partial charge < -0.3 is 8.23 Å². The average Bonchev–Trinajstić information content (AvgIpc) is 1.64. The molecule has 0 saturated heterocycles. The first-order valence-corrected chi connectivity index (χ1v) is 10.2. The topological polar surface area (TPSA) is 18.5 Å². The quantitative estimate of drug-likeness (QED) is 0.567. The molecule has 0 amide bonds. The van der Waals surface area contributed by atoms with Gasteiger partial charge in [-0.25, -0.2) is 0 Å². The van der Waals surface area contributed by atoms with Crippen LogP contribution in [0.4, 0.5) is 0 Å². The van der Waals surface area contributed by atoms with E-state index in [1.54, 1.807) is 0 Å². The first-order chi connectivity index (χ1) is 4.12. The molecular weight excluding hydrogens is 164 g/mol. The number of rotatable bonds is 4. The van der Waals surface area contributed by atoms with Crippen molar-refractivity contribution >= 4 is 28.1 Å². The zero-order valence-electron chi connectivity index (χ0n) is 6.73. The first-order valence-electron chi connectivity index (χ1n) is 3.40. The molecule has 0 bridgehead atoms. The summed E-state index contributed by atoms with van der Waals surface area (Å²) in [5.74, 6) is 0. The molecule has 0 aromatic rings. The van der Waals surface area contributed by atoms with Gasteiger partial charge >= 0.3 is 8.56 Å². The molecule has 5 heteroatoms. The summed E-state index contributed by atoms with van der Waals surface area (Å²) in [4.78, 5) is 0. The molecule has 0 rings (SSSR count). The van der Waals surface area contributed by atoms with Crippen molar-refractivity contribution in [1.82, 2.24) is 0 Å². The highest BCUT2D eigenvalue weighted by Gasteiger charge is 2.20. The van der Waals surface area contributed by atoms with Crippen molar-refractivity contribution in [2.45, 2.75) is 26.2 Å². The first kappa shape index (κ1) is 9.57. The normalized spacial score (nSPS) is 14.7. The second-order valence-corrected chi connectivity index (χ2v) is 8.53. The van der Waals surface area contributed by atoms with E-state index >= 15 is 0 Å². The highest BCUT2D eigenvalue weighted by atomic mass is 28.4. The molecule has 0 aliphatic rings. The van der Waals surface area contributed by atoms with Crippen LogP contribution in [0.1, 0.15) is 0 Å². The van der Waals surface area contributed by atoms with Crippen LogP contribution in [0.5, 0.6) is 0 Å². The molecule has 0 aromatic carbocycles. The van der Waals surface area contributed by atoms with Gasteiger partial charge in [-0.2, -0.15) is 0 Å². The zero-order chi connectivity index (χ0) is 7.33. The number of hydrogen-bond donors (Lipinski definition) is 0. The van der Waals surface area contributed by atoms with Crippen molar-refractivity contribution in [2.75, 3.05) is 0 Å². The average molecular weight is 180 g/mol. The molecule has 0 spiro atoms. The zero-order valence-corrected chi connectivity index (χ0v) is 10.6. The van der Waals surface area contributed by atoms with E-state index in [1.165, 1.54) is 0 Å². The van der Waals surface area contributed by atoms with Gasteiger partial charge in [0.25, 0.3) is 0 Å². The maximum Gasteiger partial charge on any atom is 0.310 e. The molecule has 9 heavy (non-hydrogen) atoms. The van der Waals surface area contributed by atoms with Crippen molar-refractivity contribution in [3.63, 3.8) is 0 Å². The summed E-state index contributed by atoms with van der Waals surface area (Å²) in [6.45, 7) is 8.55. The summed E-state index contributed by atoms with van der Waals surface area (Å²) < 4.78 is 11.1. The third kappa shape index (κ3) is 5.04. The molecule has 0 radical (unpaired) electrons. The minimum atomic E-state index is -1.58. The monoisotopic (exact) mass is 180 g/mol. The van der Waals surface area contributed by atoms with E-state index in [4.69, 9.17) is 8.23 Å². The van der Waals surface area contributed by atoms with Crippen LogP contribution < -0.4 is 0 Å². The van der Waals surface area contributed by atoms with E-state index in [1.807, 2.05) is 0 Å². The summed E-state index contributed by atoms with van der Waals surface area (Å²) in [5.41, 5.74) is 0. The largest absolute Gasteiger partial charge is 0.442 e. The van der Waals surface area contributed by atoms with Crippen LogP contribution in [0, 0.1) is 0 Å². The Morgan fingerprint density at radius 2 is 1.33 bits per heavy atom. The van der Waals surface area contributed by atoms with Crippen molar-refractivity contribution in [3.05, 3.63) is 0 Å². The van der Waals surface area contributed by atoms with Crippen molar-refractivity contribution < 1.29 is 8.23 Å². The lowest BCUT2D eigenvalue weighted by molar-refractivity contribution is 0.431. The van der Waals surface area contributed by atoms with Gasteiger partial charge in [0, 0.05) is 0 Å². The molecule has 0 unspecified atom stereocenters. The Balaban J connectivity index is 3.43. The molecule has 0 aliphatic heterocycles. The molecule has 0 aliphatic carbocycles. The third-order valence-corrected chi connectivity index (χ3v) is 8.85.